The van der Waals surface area contributed by atoms with E-state index >= 15 is 0 Å². The molecule has 17 heavy (non-hydrogen) atoms. The maximum absolute atomic E-state index is 12.4. The molecule has 1 N–H and O–H groups in total. The quantitative estimate of drug-likeness (QED) is 0.652. The third-order valence-electron chi connectivity index (χ3n) is 2.08. The second kappa shape index (κ2) is 6.05. The van der Waals surface area contributed by atoms with E-state index in [0.717, 1.165) is 25.3 Å². The highest BCUT2D eigenvalue weighted by molar-refractivity contribution is 6.28. The van der Waals surface area contributed by atoms with Crippen LogP contribution in [-0.2, 0) is 6.18 Å². The van der Waals surface area contributed by atoms with Crippen LogP contribution in [-0.4, -0.2) is 16.5 Å². The summed E-state index contributed by atoms with van der Waals surface area (Å²) in [5, 5.41) is 2.39. The van der Waals surface area contributed by atoms with Crippen LogP contribution in [0.4, 0.5) is 19.0 Å². The van der Waals surface area contributed by atoms with Gasteiger partial charge in [0.1, 0.15) is 5.82 Å². The minimum atomic E-state index is -4.51. The van der Waals surface area contributed by atoms with Gasteiger partial charge in [0.15, 0.2) is 5.69 Å². The third-order valence-corrected chi connectivity index (χ3v) is 2.24. The molecule has 1 rings (SSSR count). The van der Waals surface area contributed by atoms with Crippen molar-refractivity contribution < 1.29 is 13.2 Å². The van der Waals surface area contributed by atoms with Crippen molar-refractivity contribution in [3.8, 4) is 0 Å². The van der Waals surface area contributed by atoms with Crippen LogP contribution in [0.5, 0.6) is 0 Å². The molecule has 0 radical (unpaired) electrons. The molecule has 0 aromatic carbocycles. The zero-order valence-corrected chi connectivity index (χ0v) is 10.1. The standard InChI is InChI=1S/C10H13ClF3N3/c1-2-3-4-5-15-8-6-7(10(12,13)14)16-9(11)17-8/h6H,2-5H2,1H3,(H,15,16,17). The lowest BCUT2D eigenvalue weighted by Gasteiger charge is -2.09. The maximum Gasteiger partial charge on any atom is 0.433 e. The zero-order valence-electron chi connectivity index (χ0n) is 9.31. The van der Waals surface area contributed by atoms with Crippen molar-refractivity contribution in [2.45, 2.75) is 32.4 Å². The molecular formula is C10H13ClF3N3. The SMILES string of the molecule is CCCCCNc1cc(C(F)(F)F)nc(Cl)n1. The van der Waals surface area contributed by atoms with E-state index in [0.29, 0.717) is 6.54 Å². The molecule has 0 saturated carbocycles. The van der Waals surface area contributed by atoms with Gasteiger partial charge in [0.25, 0.3) is 0 Å². The summed E-state index contributed by atoms with van der Waals surface area (Å²) in [5.41, 5.74) is -1.03. The summed E-state index contributed by atoms with van der Waals surface area (Å²) in [4.78, 5) is 6.83. The number of aromatic nitrogens is 2. The van der Waals surface area contributed by atoms with Gasteiger partial charge in [-0.2, -0.15) is 13.2 Å². The molecule has 0 aliphatic carbocycles. The van der Waals surface area contributed by atoms with E-state index in [1.54, 1.807) is 0 Å². The Balaban J connectivity index is 2.69. The normalized spacial score (nSPS) is 11.6. The Kier molecular flexibility index (Phi) is 4.99. The van der Waals surface area contributed by atoms with Gasteiger partial charge < -0.3 is 5.32 Å². The first-order valence-electron chi connectivity index (χ1n) is 5.29. The van der Waals surface area contributed by atoms with Crippen LogP contribution in [0.1, 0.15) is 31.9 Å². The molecule has 0 unspecified atom stereocenters. The Morgan fingerprint density at radius 2 is 2.00 bits per heavy atom. The highest BCUT2D eigenvalue weighted by Gasteiger charge is 2.33. The number of hydrogen-bond donors (Lipinski definition) is 1. The fraction of sp³-hybridized carbons (Fsp3) is 0.600. The Morgan fingerprint density at radius 1 is 1.29 bits per heavy atom. The molecule has 0 fully saturated rings. The van der Waals surface area contributed by atoms with Gasteiger partial charge in [0, 0.05) is 12.6 Å². The summed E-state index contributed by atoms with van der Waals surface area (Å²) in [5.74, 6) is 0.105. The smallest absolute Gasteiger partial charge is 0.370 e. The van der Waals surface area contributed by atoms with Crippen molar-refractivity contribution in [3.63, 3.8) is 0 Å². The summed E-state index contributed by atoms with van der Waals surface area (Å²) in [6.07, 6.45) is -1.58. The predicted molar refractivity (Wildman–Crippen MR) is 60.1 cm³/mol. The average Bonchev–Trinajstić information content (AvgIpc) is 2.22. The van der Waals surface area contributed by atoms with Gasteiger partial charge in [-0.15, -0.1) is 0 Å². The number of rotatable bonds is 5. The molecule has 0 amide bonds. The van der Waals surface area contributed by atoms with Crippen molar-refractivity contribution in [1.29, 1.82) is 0 Å². The van der Waals surface area contributed by atoms with E-state index in [9.17, 15) is 13.2 Å². The Bertz CT molecular complexity index is 368. The van der Waals surface area contributed by atoms with Crippen molar-refractivity contribution in [2.75, 3.05) is 11.9 Å². The number of anilines is 1. The van der Waals surface area contributed by atoms with Crippen molar-refractivity contribution in [1.82, 2.24) is 9.97 Å². The molecule has 0 aliphatic heterocycles. The monoisotopic (exact) mass is 267 g/mol. The van der Waals surface area contributed by atoms with Crippen LogP contribution in [0.2, 0.25) is 5.28 Å². The number of alkyl halides is 3. The fourth-order valence-corrected chi connectivity index (χ4v) is 1.43. The number of nitrogens with zero attached hydrogens (tertiary/aromatic N) is 2. The number of unbranched alkanes of at least 4 members (excludes halogenated alkanes) is 2. The summed E-state index contributed by atoms with van der Waals surface area (Å²) in [6, 6.07) is 0.859. The maximum atomic E-state index is 12.4. The van der Waals surface area contributed by atoms with Crippen LogP contribution >= 0.6 is 11.6 Å². The van der Waals surface area contributed by atoms with Gasteiger partial charge in [-0.25, -0.2) is 9.97 Å². The average molecular weight is 268 g/mol. The van der Waals surface area contributed by atoms with E-state index < -0.39 is 17.2 Å². The van der Waals surface area contributed by atoms with Crippen LogP contribution in [0.25, 0.3) is 0 Å². The first kappa shape index (κ1) is 14.0. The van der Waals surface area contributed by atoms with E-state index in [1.807, 2.05) is 6.92 Å². The molecule has 1 aromatic rings. The second-order valence-corrected chi connectivity index (χ2v) is 3.88. The molecular weight excluding hydrogens is 255 g/mol. The summed E-state index contributed by atoms with van der Waals surface area (Å²) in [7, 11) is 0. The molecule has 0 atom stereocenters. The van der Waals surface area contributed by atoms with E-state index in [1.165, 1.54) is 0 Å². The van der Waals surface area contributed by atoms with Crippen LogP contribution < -0.4 is 5.32 Å². The Morgan fingerprint density at radius 3 is 2.59 bits per heavy atom. The van der Waals surface area contributed by atoms with Gasteiger partial charge in [0.05, 0.1) is 0 Å². The van der Waals surface area contributed by atoms with E-state index in [2.05, 4.69) is 15.3 Å². The largest absolute Gasteiger partial charge is 0.433 e. The number of nitrogens with one attached hydrogen (secondary N) is 1. The topological polar surface area (TPSA) is 37.8 Å². The van der Waals surface area contributed by atoms with Gasteiger partial charge >= 0.3 is 6.18 Å². The van der Waals surface area contributed by atoms with Crippen LogP contribution in [0, 0.1) is 0 Å². The molecule has 3 nitrogen and oxygen atoms in total. The summed E-state index contributed by atoms with van der Waals surface area (Å²) >= 11 is 5.43. The molecule has 7 heteroatoms. The molecule has 1 heterocycles. The molecule has 0 bridgehead atoms. The number of hydrogen-bond acceptors (Lipinski definition) is 3. The third kappa shape index (κ3) is 4.77. The van der Waals surface area contributed by atoms with Crippen molar-refractivity contribution in [3.05, 3.63) is 17.0 Å². The predicted octanol–water partition coefficient (Wildman–Crippen LogP) is 3.75. The lowest BCUT2D eigenvalue weighted by atomic mass is 10.2. The molecule has 96 valence electrons. The van der Waals surface area contributed by atoms with Gasteiger partial charge in [-0.05, 0) is 18.0 Å². The van der Waals surface area contributed by atoms with E-state index in [-0.39, 0.29) is 5.82 Å². The fourth-order valence-electron chi connectivity index (χ4n) is 1.25. The van der Waals surface area contributed by atoms with Crippen molar-refractivity contribution in [2.24, 2.45) is 0 Å². The van der Waals surface area contributed by atoms with Gasteiger partial charge in [-0.1, -0.05) is 19.8 Å². The van der Waals surface area contributed by atoms with E-state index in [4.69, 9.17) is 11.6 Å². The Labute approximate surface area is 102 Å². The Hall–Kier alpha value is -1.04. The van der Waals surface area contributed by atoms with Gasteiger partial charge in [-0.3, -0.25) is 0 Å². The highest BCUT2D eigenvalue weighted by Crippen LogP contribution is 2.29. The minimum Gasteiger partial charge on any atom is -0.370 e. The molecule has 1 aromatic heterocycles. The lowest BCUT2D eigenvalue weighted by molar-refractivity contribution is -0.141. The molecule has 0 aliphatic rings. The van der Waals surface area contributed by atoms with Crippen LogP contribution in [0.15, 0.2) is 6.07 Å². The van der Waals surface area contributed by atoms with Gasteiger partial charge in [0.2, 0.25) is 5.28 Å². The summed E-state index contributed by atoms with van der Waals surface area (Å²) in [6.45, 7) is 2.61. The number of halogens is 4. The molecule has 0 saturated heterocycles. The zero-order chi connectivity index (χ0) is 12.9. The second-order valence-electron chi connectivity index (χ2n) is 3.54. The van der Waals surface area contributed by atoms with Crippen LogP contribution in [0.3, 0.4) is 0 Å². The molecule has 0 spiro atoms. The first-order chi connectivity index (χ1) is 7.93. The summed E-state index contributed by atoms with van der Waals surface area (Å²) < 4.78 is 37.2. The first-order valence-corrected chi connectivity index (χ1v) is 5.67. The highest BCUT2D eigenvalue weighted by atomic mass is 35.5. The minimum absolute atomic E-state index is 0.105. The van der Waals surface area contributed by atoms with Crippen molar-refractivity contribution >= 4 is 17.4 Å². The lowest BCUT2D eigenvalue weighted by Crippen LogP contribution is -2.11.